The second-order valence-corrected chi connectivity index (χ2v) is 7.30. The third kappa shape index (κ3) is 2.93. The summed E-state index contributed by atoms with van der Waals surface area (Å²) in [4.78, 5) is 20.3. The summed E-state index contributed by atoms with van der Waals surface area (Å²) in [5, 5.41) is 6.73. The number of fused-ring (bicyclic) bond motifs is 1. The van der Waals surface area contributed by atoms with Gasteiger partial charge in [0.05, 0.1) is 5.69 Å². The number of carbonyl (C=O) groups is 1. The molecule has 5 nitrogen and oxygen atoms in total. The number of aromatic amines is 1. The van der Waals surface area contributed by atoms with Crippen molar-refractivity contribution in [1.29, 1.82) is 0 Å². The van der Waals surface area contributed by atoms with Gasteiger partial charge in [0.1, 0.15) is 10.7 Å². The van der Waals surface area contributed by atoms with E-state index in [2.05, 4.69) is 51.9 Å². The summed E-state index contributed by atoms with van der Waals surface area (Å²) in [6.45, 7) is 4.63. The molecular weight excluding hydrogens is 344 g/mol. The molecule has 0 atom stereocenters. The Bertz CT molecular complexity index is 1070. The van der Waals surface area contributed by atoms with Gasteiger partial charge in [-0.25, -0.2) is 4.98 Å². The van der Waals surface area contributed by atoms with Crippen LogP contribution in [0.3, 0.4) is 0 Å². The molecule has 3 heterocycles. The van der Waals surface area contributed by atoms with Crippen molar-refractivity contribution in [3.05, 3.63) is 64.4 Å². The number of benzene rings is 1. The number of carbonyl (C=O) groups excluding carboxylic acids is 1. The van der Waals surface area contributed by atoms with E-state index >= 15 is 0 Å². The first-order chi connectivity index (χ1) is 12.5. The summed E-state index contributed by atoms with van der Waals surface area (Å²) in [6.07, 6.45) is 0. The fraction of sp³-hybridized carbons (Fsp3) is 0.200. The summed E-state index contributed by atoms with van der Waals surface area (Å²) < 4.78 is 2.12. The minimum atomic E-state index is -0.149. The predicted molar refractivity (Wildman–Crippen MR) is 105 cm³/mol. The molecule has 0 unspecified atom stereocenters. The molecule has 1 amide bonds. The zero-order valence-corrected chi connectivity index (χ0v) is 15.8. The molecule has 0 saturated carbocycles. The number of nitrogens with one attached hydrogen (secondary N) is 2. The normalized spacial score (nSPS) is 11.2. The molecule has 0 radical (unpaired) electrons. The Balaban J connectivity index is 1.50. The molecule has 0 bridgehead atoms. The first-order valence-corrected chi connectivity index (χ1v) is 9.34. The lowest BCUT2D eigenvalue weighted by atomic mass is 10.2. The third-order valence-corrected chi connectivity index (χ3v) is 5.69. The average molecular weight is 364 g/mol. The molecule has 132 valence electrons. The first kappa shape index (κ1) is 16.6. The van der Waals surface area contributed by atoms with Crippen molar-refractivity contribution < 1.29 is 4.79 Å². The molecule has 4 aromatic rings. The van der Waals surface area contributed by atoms with Gasteiger partial charge in [-0.2, -0.15) is 0 Å². The van der Waals surface area contributed by atoms with Crippen LogP contribution < -0.4 is 5.32 Å². The summed E-state index contributed by atoms with van der Waals surface area (Å²) >= 11 is 1.47. The Kier molecular flexibility index (Phi) is 4.12. The van der Waals surface area contributed by atoms with E-state index in [9.17, 15) is 4.79 Å². The average Bonchev–Trinajstić information content (AvgIpc) is 3.34. The van der Waals surface area contributed by atoms with E-state index < -0.39 is 0 Å². The first-order valence-electron chi connectivity index (χ1n) is 8.46. The van der Waals surface area contributed by atoms with Crippen LogP contribution >= 0.6 is 11.3 Å². The Hall–Kier alpha value is -2.86. The van der Waals surface area contributed by atoms with Crippen molar-refractivity contribution in [2.75, 3.05) is 0 Å². The lowest BCUT2D eigenvalue weighted by Gasteiger charge is -2.04. The molecule has 3 aromatic heterocycles. The number of hydrogen-bond acceptors (Lipinski definition) is 3. The largest absolute Gasteiger partial charge is 0.353 e. The topological polar surface area (TPSA) is 62.7 Å². The Morgan fingerprint density at radius 1 is 1.27 bits per heavy atom. The lowest BCUT2D eigenvalue weighted by Crippen LogP contribution is -2.23. The van der Waals surface area contributed by atoms with E-state index in [1.165, 1.54) is 22.7 Å². The maximum atomic E-state index is 12.5. The highest BCUT2D eigenvalue weighted by Gasteiger charge is 2.14. The monoisotopic (exact) mass is 364 g/mol. The van der Waals surface area contributed by atoms with Crippen molar-refractivity contribution in [2.45, 2.75) is 20.4 Å². The summed E-state index contributed by atoms with van der Waals surface area (Å²) in [7, 11) is 2.03. The minimum absolute atomic E-state index is 0.149. The van der Waals surface area contributed by atoms with E-state index in [-0.39, 0.29) is 5.91 Å². The number of amides is 1. The molecule has 4 rings (SSSR count). The molecule has 1 aromatic carbocycles. The number of para-hydroxylation sites is 1. The molecule has 26 heavy (non-hydrogen) atoms. The van der Waals surface area contributed by atoms with Gasteiger partial charge >= 0.3 is 0 Å². The highest BCUT2D eigenvalue weighted by molar-refractivity contribution is 7.13. The van der Waals surface area contributed by atoms with Crippen molar-refractivity contribution in [3.63, 3.8) is 0 Å². The van der Waals surface area contributed by atoms with Crippen molar-refractivity contribution in [1.82, 2.24) is 19.9 Å². The van der Waals surface area contributed by atoms with Gasteiger partial charge in [0.2, 0.25) is 0 Å². The second-order valence-electron chi connectivity index (χ2n) is 6.45. The molecule has 2 N–H and O–H groups in total. The van der Waals surface area contributed by atoms with Gasteiger partial charge in [-0.1, -0.05) is 18.2 Å². The summed E-state index contributed by atoms with van der Waals surface area (Å²) in [5.41, 5.74) is 5.93. The molecule has 0 spiro atoms. The van der Waals surface area contributed by atoms with Crippen LogP contribution in [0.1, 0.15) is 27.4 Å². The van der Waals surface area contributed by atoms with Crippen LogP contribution in [0.5, 0.6) is 0 Å². The standard InChI is InChI=1S/C20H20N4OS/c1-12-8-15(13(2)24(12)3)10-21-19(25)18-11-26-20(23-18)17-9-14-6-4-5-7-16(14)22-17/h4-9,11,22H,10H2,1-3H3,(H,21,25). The van der Waals surface area contributed by atoms with Crippen molar-refractivity contribution >= 4 is 28.1 Å². The van der Waals surface area contributed by atoms with Crippen LogP contribution in [0.25, 0.3) is 21.6 Å². The second kappa shape index (κ2) is 6.46. The number of nitrogens with zero attached hydrogens (tertiary/aromatic N) is 2. The third-order valence-electron chi connectivity index (χ3n) is 4.82. The van der Waals surface area contributed by atoms with E-state index in [0.717, 1.165) is 27.2 Å². The molecule has 0 saturated heterocycles. The van der Waals surface area contributed by atoms with E-state index in [0.29, 0.717) is 12.2 Å². The maximum absolute atomic E-state index is 12.5. The quantitative estimate of drug-likeness (QED) is 0.571. The number of thiazole rings is 1. The highest BCUT2D eigenvalue weighted by atomic mass is 32.1. The summed E-state index contributed by atoms with van der Waals surface area (Å²) in [5.74, 6) is -0.149. The Labute approximate surface area is 155 Å². The maximum Gasteiger partial charge on any atom is 0.271 e. The van der Waals surface area contributed by atoms with Gasteiger partial charge in [0.15, 0.2) is 0 Å². The Morgan fingerprint density at radius 2 is 2.08 bits per heavy atom. The summed E-state index contributed by atoms with van der Waals surface area (Å²) in [6, 6.07) is 12.3. The van der Waals surface area contributed by atoms with E-state index in [1.807, 2.05) is 25.2 Å². The van der Waals surface area contributed by atoms with Gasteiger partial charge < -0.3 is 14.9 Å². The predicted octanol–water partition coefficient (Wildman–Crippen LogP) is 4.18. The van der Waals surface area contributed by atoms with Gasteiger partial charge in [0, 0.05) is 41.3 Å². The number of aromatic nitrogens is 3. The van der Waals surface area contributed by atoms with Crippen molar-refractivity contribution in [2.24, 2.45) is 7.05 Å². The molecule has 0 aliphatic rings. The van der Waals surface area contributed by atoms with Crippen molar-refractivity contribution in [3.8, 4) is 10.7 Å². The van der Waals surface area contributed by atoms with Gasteiger partial charge in [-0.3, -0.25) is 4.79 Å². The van der Waals surface area contributed by atoms with Crippen LogP contribution in [0.4, 0.5) is 0 Å². The fourth-order valence-corrected chi connectivity index (χ4v) is 3.84. The molecule has 0 fully saturated rings. The van der Waals surface area contributed by atoms with Crippen LogP contribution in [0, 0.1) is 13.8 Å². The van der Waals surface area contributed by atoms with E-state index in [4.69, 9.17) is 0 Å². The highest BCUT2D eigenvalue weighted by Crippen LogP contribution is 2.26. The molecule has 0 aliphatic heterocycles. The van der Waals surface area contributed by atoms with Crippen LogP contribution in [-0.4, -0.2) is 20.4 Å². The lowest BCUT2D eigenvalue weighted by molar-refractivity contribution is 0.0946. The number of hydrogen-bond donors (Lipinski definition) is 2. The zero-order chi connectivity index (χ0) is 18.3. The SMILES string of the molecule is Cc1cc(CNC(=O)c2csc(-c3cc4ccccc4[nH]3)n2)c(C)n1C. The van der Waals surface area contributed by atoms with Crippen LogP contribution in [-0.2, 0) is 13.6 Å². The number of H-pyrrole nitrogens is 1. The van der Waals surface area contributed by atoms with Gasteiger partial charge in [0.25, 0.3) is 5.91 Å². The number of aryl methyl sites for hydroxylation is 1. The Morgan fingerprint density at radius 3 is 2.81 bits per heavy atom. The molecule has 6 heteroatoms. The van der Waals surface area contributed by atoms with Crippen LogP contribution in [0.15, 0.2) is 41.8 Å². The zero-order valence-electron chi connectivity index (χ0n) is 15.0. The van der Waals surface area contributed by atoms with E-state index in [1.54, 1.807) is 5.38 Å². The van der Waals surface area contributed by atoms with Gasteiger partial charge in [-0.05, 0) is 37.6 Å². The molecule has 0 aliphatic carbocycles. The fourth-order valence-electron chi connectivity index (χ4n) is 3.07. The smallest absolute Gasteiger partial charge is 0.271 e. The van der Waals surface area contributed by atoms with Gasteiger partial charge in [-0.15, -0.1) is 11.3 Å². The molecular formula is C20H20N4OS. The van der Waals surface area contributed by atoms with Crippen LogP contribution in [0.2, 0.25) is 0 Å². The number of rotatable bonds is 4. The minimum Gasteiger partial charge on any atom is -0.353 e.